The molecule has 0 amide bonds. The zero-order chi connectivity index (χ0) is 11.4. The largest absolute Gasteiger partial charge is 0.313 e. The lowest BCUT2D eigenvalue weighted by molar-refractivity contribution is 0.234. The van der Waals surface area contributed by atoms with E-state index in [4.69, 9.17) is 0 Å². The molecule has 0 bridgehead atoms. The molecule has 3 heteroatoms. The monoisotopic (exact) mass is 219 g/mol. The maximum absolute atomic E-state index is 4.41. The first-order chi connectivity index (χ1) is 7.77. The number of hydrogen-bond acceptors (Lipinski definition) is 3. The molecule has 2 heterocycles. The fourth-order valence-electron chi connectivity index (χ4n) is 2.27. The zero-order valence-electron chi connectivity index (χ0n) is 10.2. The van der Waals surface area contributed by atoms with Gasteiger partial charge in [-0.3, -0.25) is 9.88 Å². The van der Waals surface area contributed by atoms with E-state index in [9.17, 15) is 0 Å². The standard InChI is InChI=1S/C13H21N3/c1-11(13-7-3-4-8-15-13)16(2)10-12-6-5-9-14-12/h3-4,7-8,11-12,14H,5-6,9-10H2,1-2H3/t11-,12+/m0/s1. The van der Waals surface area contributed by atoms with Gasteiger partial charge < -0.3 is 5.32 Å². The SMILES string of the molecule is C[C@@H](c1ccccn1)N(C)C[C@H]1CCCN1. The van der Waals surface area contributed by atoms with Crippen LogP contribution in [0.3, 0.4) is 0 Å². The molecule has 0 spiro atoms. The first-order valence-corrected chi connectivity index (χ1v) is 6.12. The third-order valence-corrected chi connectivity index (χ3v) is 3.45. The van der Waals surface area contributed by atoms with Crippen LogP contribution in [0.4, 0.5) is 0 Å². The Labute approximate surface area is 97.9 Å². The van der Waals surface area contributed by atoms with Gasteiger partial charge in [0.05, 0.1) is 5.69 Å². The number of likely N-dealkylation sites (N-methyl/N-ethyl adjacent to an activating group) is 1. The highest BCUT2D eigenvalue weighted by molar-refractivity contribution is 5.07. The van der Waals surface area contributed by atoms with Crippen molar-refractivity contribution < 1.29 is 0 Å². The number of hydrogen-bond donors (Lipinski definition) is 1. The molecule has 1 aliphatic heterocycles. The molecular formula is C13H21N3. The van der Waals surface area contributed by atoms with Gasteiger partial charge in [0.15, 0.2) is 0 Å². The molecule has 88 valence electrons. The predicted octanol–water partition coefficient (Wildman–Crippen LogP) is 1.83. The van der Waals surface area contributed by atoms with Gasteiger partial charge in [-0.2, -0.15) is 0 Å². The first-order valence-electron chi connectivity index (χ1n) is 6.12. The molecule has 0 aromatic carbocycles. The summed E-state index contributed by atoms with van der Waals surface area (Å²) < 4.78 is 0. The fraction of sp³-hybridized carbons (Fsp3) is 0.615. The van der Waals surface area contributed by atoms with Gasteiger partial charge in [-0.1, -0.05) is 6.07 Å². The van der Waals surface area contributed by atoms with Crippen LogP contribution in [0.25, 0.3) is 0 Å². The Balaban J connectivity index is 1.91. The molecule has 1 aromatic heterocycles. The van der Waals surface area contributed by atoms with Crippen molar-refractivity contribution in [3.05, 3.63) is 30.1 Å². The lowest BCUT2D eigenvalue weighted by Crippen LogP contribution is -2.36. The van der Waals surface area contributed by atoms with Crippen LogP contribution < -0.4 is 5.32 Å². The fourth-order valence-corrected chi connectivity index (χ4v) is 2.27. The predicted molar refractivity (Wildman–Crippen MR) is 66.3 cm³/mol. The molecule has 2 rings (SSSR count). The van der Waals surface area contributed by atoms with E-state index in [1.807, 2.05) is 12.3 Å². The molecule has 1 aromatic rings. The van der Waals surface area contributed by atoms with Gasteiger partial charge in [0, 0.05) is 24.8 Å². The van der Waals surface area contributed by atoms with Crippen LogP contribution in [0, 0.1) is 0 Å². The second kappa shape index (κ2) is 5.41. The third kappa shape index (κ3) is 2.80. The Bertz CT molecular complexity index is 306. The highest BCUT2D eigenvalue weighted by Gasteiger charge is 2.19. The number of aromatic nitrogens is 1. The first kappa shape index (κ1) is 11.6. The van der Waals surface area contributed by atoms with Gasteiger partial charge >= 0.3 is 0 Å². The van der Waals surface area contributed by atoms with E-state index in [0.717, 1.165) is 12.2 Å². The second-order valence-corrected chi connectivity index (χ2v) is 4.66. The molecule has 16 heavy (non-hydrogen) atoms. The van der Waals surface area contributed by atoms with Crippen molar-refractivity contribution in [1.82, 2.24) is 15.2 Å². The zero-order valence-corrected chi connectivity index (χ0v) is 10.2. The van der Waals surface area contributed by atoms with E-state index in [2.05, 4.69) is 41.3 Å². The average Bonchev–Trinajstić information content (AvgIpc) is 2.82. The van der Waals surface area contributed by atoms with Crippen LogP contribution in [0.15, 0.2) is 24.4 Å². The van der Waals surface area contributed by atoms with E-state index in [-0.39, 0.29) is 0 Å². The molecule has 1 aliphatic rings. The van der Waals surface area contributed by atoms with E-state index in [1.165, 1.54) is 19.4 Å². The third-order valence-electron chi connectivity index (χ3n) is 3.45. The molecule has 0 radical (unpaired) electrons. The van der Waals surface area contributed by atoms with Crippen molar-refractivity contribution in [1.29, 1.82) is 0 Å². The number of nitrogens with one attached hydrogen (secondary N) is 1. The van der Waals surface area contributed by atoms with E-state index in [0.29, 0.717) is 12.1 Å². The van der Waals surface area contributed by atoms with Crippen LogP contribution in [0.1, 0.15) is 31.5 Å². The smallest absolute Gasteiger partial charge is 0.0572 e. The van der Waals surface area contributed by atoms with Crippen LogP contribution in [-0.4, -0.2) is 36.1 Å². The maximum atomic E-state index is 4.41. The number of pyridine rings is 1. The van der Waals surface area contributed by atoms with Crippen LogP contribution in [-0.2, 0) is 0 Å². The topological polar surface area (TPSA) is 28.2 Å². The summed E-state index contributed by atoms with van der Waals surface area (Å²) in [5, 5.41) is 3.53. The van der Waals surface area contributed by atoms with Crippen molar-refractivity contribution in [2.45, 2.75) is 31.8 Å². The second-order valence-electron chi connectivity index (χ2n) is 4.66. The summed E-state index contributed by atoms with van der Waals surface area (Å²) >= 11 is 0. The Kier molecular flexibility index (Phi) is 3.91. The van der Waals surface area contributed by atoms with Crippen molar-refractivity contribution in [2.24, 2.45) is 0 Å². The highest BCUT2D eigenvalue weighted by Crippen LogP contribution is 2.17. The molecule has 0 aliphatic carbocycles. The Morgan fingerprint density at radius 2 is 2.44 bits per heavy atom. The van der Waals surface area contributed by atoms with Crippen molar-refractivity contribution in [2.75, 3.05) is 20.1 Å². The summed E-state index contributed by atoms with van der Waals surface area (Å²) in [4.78, 5) is 6.79. The minimum absolute atomic E-state index is 0.392. The minimum atomic E-state index is 0.392. The van der Waals surface area contributed by atoms with Crippen LogP contribution in [0.2, 0.25) is 0 Å². The highest BCUT2D eigenvalue weighted by atomic mass is 15.2. The molecule has 1 saturated heterocycles. The Morgan fingerprint density at radius 1 is 1.56 bits per heavy atom. The summed E-state index contributed by atoms with van der Waals surface area (Å²) in [6.45, 7) is 4.51. The summed E-state index contributed by atoms with van der Waals surface area (Å²) in [5.74, 6) is 0. The lowest BCUT2D eigenvalue weighted by Gasteiger charge is -2.27. The summed E-state index contributed by atoms with van der Waals surface area (Å²) in [5.41, 5.74) is 1.16. The van der Waals surface area contributed by atoms with Gasteiger partial charge in [0.1, 0.15) is 0 Å². The van der Waals surface area contributed by atoms with Gasteiger partial charge in [-0.25, -0.2) is 0 Å². The van der Waals surface area contributed by atoms with Crippen molar-refractivity contribution in [3.8, 4) is 0 Å². The molecule has 0 unspecified atom stereocenters. The Morgan fingerprint density at radius 3 is 3.06 bits per heavy atom. The number of nitrogens with zero attached hydrogens (tertiary/aromatic N) is 2. The van der Waals surface area contributed by atoms with E-state index >= 15 is 0 Å². The van der Waals surface area contributed by atoms with Crippen LogP contribution >= 0.6 is 0 Å². The number of rotatable bonds is 4. The lowest BCUT2D eigenvalue weighted by atomic mass is 10.1. The quantitative estimate of drug-likeness (QED) is 0.837. The molecule has 2 atom stereocenters. The van der Waals surface area contributed by atoms with Gasteiger partial charge in [0.2, 0.25) is 0 Å². The summed E-state index contributed by atoms with van der Waals surface area (Å²) in [6, 6.07) is 7.18. The van der Waals surface area contributed by atoms with Crippen molar-refractivity contribution >= 4 is 0 Å². The average molecular weight is 219 g/mol. The van der Waals surface area contributed by atoms with Gasteiger partial charge in [-0.15, -0.1) is 0 Å². The maximum Gasteiger partial charge on any atom is 0.0572 e. The van der Waals surface area contributed by atoms with Crippen molar-refractivity contribution in [3.63, 3.8) is 0 Å². The molecule has 1 N–H and O–H groups in total. The summed E-state index contributed by atoms with van der Waals surface area (Å²) in [6.07, 6.45) is 4.49. The normalized spacial score (nSPS) is 22.6. The van der Waals surface area contributed by atoms with Crippen LogP contribution in [0.5, 0.6) is 0 Å². The molecule has 1 fully saturated rings. The van der Waals surface area contributed by atoms with Gasteiger partial charge in [-0.05, 0) is 45.5 Å². The van der Waals surface area contributed by atoms with E-state index in [1.54, 1.807) is 0 Å². The molecule has 0 saturated carbocycles. The summed E-state index contributed by atoms with van der Waals surface area (Å²) in [7, 11) is 2.18. The van der Waals surface area contributed by atoms with Gasteiger partial charge in [0.25, 0.3) is 0 Å². The van der Waals surface area contributed by atoms with E-state index < -0.39 is 0 Å². The molecule has 3 nitrogen and oxygen atoms in total. The Hall–Kier alpha value is -0.930. The molecular weight excluding hydrogens is 198 g/mol. The minimum Gasteiger partial charge on any atom is -0.313 e.